The Hall–Kier alpha value is -1.18. The minimum Gasteiger partial charge on any atom is -0.373 e. The Morgan fingerprint density at radius 3 is 1.73 bits per heavy atom. The van der Waals surface area contributed by atoms with E-state index in [0.29, 0.717) is 0 Å². The molecule has 0 aliphatic carbocycles. The second kappa shape index (κ2) is 3.76. The first-order valence-electron chi connectivity index (χ1n) is 4.76. The molecule has 6 N–H and O–H groups in total. The van der Waals surface area contributed by atoms with Gasteiger partial charge in [-0.3, -0.25) is 9.68 Å². The minimum absolute atomic E-state index is 0.242. The average Bonchev–Trinajstić information content (AvgIpc) is 2.86. The van der Waals surface area contributed by atoms with Crippen molar-refractivity contribution in [1.82, 2.24) is 0 Å². The van der Waals surface area contributed by atoms with Gasteiger partial charge in [-0.15, -0.1) is 0 Å². The zero-order valence-corrected chi connectivity index (χ0v) is 8.18. The third-order valence-electron chi connectivity index (χ3n) is 3.10. The third kappa shape index (κ3) is 1.48. The monoisotopic (exact) mass is 218 g/mol. The molecule has 0 amide bonds. The Bertz CT molecular complexity index is 267. The number of hydrogen-bond acceptors (Lipinski definition) is 5. The van der Waals surface area contributed by atoms with E-state index in [9.17, 15) is 9.59 Å². The summed E-state index contributed by atoms with van der Waals surface area (Å²) in [4.78, 5) is 31.7. The molecular formula is C8H14N2O5+2. The molecule has 4 atom stereocenters. The van der Waals surface area contributed by atoms with Crippen LogP contribution >= 0.6 is 0 Å². The highest BCUT2D eigenvalue weighted by molar-refractivity contribution is 5.83. The van der Waals surface area contributed by atoms with E-state index < -0.39 is 23.8 Å². The maximum atomic E-state index is 11.4. The summed E-state index contributed by atoms with van der Waals surface area (Å²) in [6.45, 7) is 0. The summed E-state index contributed by atoms with van der Waals surface area (Å²) in [6.07, 6.45) is 1.05. The second-order valence-electron chi connectivity index (χ2n) is 3.77. The lowest BCUT2D eigenvalue weighted by Gasteiger charge is -2.21. The first-order chi connectivity index (χ1) is 7.19. The molecule has 0 aromatic rings. The molecule has 4 unspecified atom stereocenters. The highest BCUT2D eigenvalue weighted by atomic mass is 16.7. The van der Waals surface area contributed by atoms with E-state index in [-0.39, 0.29) is 12.2 Å². The molecule has 15 heavy (non-hydrogen) atoms. The Kier molecular flexibility index (Phi) is 2.59. The van der Waals surface area contributed by atoms with Crippen LogP contribution in [-0.2, 0) is 24.0 Å². The van der Waals surface area contributed by atoms with E-state index in [0.717, 1.165) is 12.8 Å². The molecule has 7 nitrogen and oxygen atoms in total. The number of carbonyl (C=O) groups excluding carboxylic acids is 2. The standard InChI is InChI=1S/C8H14N2O5/c9-14-7(11)5-3-1-2-4(13-3)6(5)8(12)15-10/h3-6H,1-2H2,9-10H3/q+2. The van der Waals surface area contributed by atoms with E-state index in [1.165, 1.54) is 0 Å². The lowest BCUT2D eigenvalue weighted by atomic mass is 9.79. The number of hydrogen-bond donors (Lipinski definition) is 2. The fourth-order valence-corrected chi connectivity index (χ4v) is 2.47. The molecule has 2 rings (SSSR count). The molecule has 2 saturated heterocycles. The van der Waals surface area contributed by atoms with Gasteiger partial charge in [0.2, 0.25) is 0 Å². The average molecular weight is 218 g/mol. The van der Waals surface area contributed by atoms with Crippen LogP contribution in [0.1, 0.15) is 12.8 Å². The van der Waals surface area contributed by atoms with Crippen molar-refractivity contribution in [2.24, 2.45) is 11.8 Å². The summed E-state index contributed by atoms with van der Waals surface area (Å²) < 4.78 is 5.49. The van der Waals surface area contributed by atoms with Crippen molar-refractivity contribution in [3.8, 4) is 0 Å². The fraction of sp³-hybridized carbons (Fsp3) is 0.750. The number of quaternary nitrogens is 2. The van der Waals surface area contributed by atoms with Gasteiger partial charge in [-0.2, -0.15) is 11.8 Å². The summed E-state index contributed by atoms with van der Waals surface area (Å²) in [5.74, 6) is 3.91. The van der Waals surface area contributed by atoms with E-state index in [1.807, 2.05) is 0 Å². The first-order valence-corrected chi connectivity index (χ1v) is 4.76. The van der Waals surface area contributed by atoms with E-state index in [1.54, 1.807) is 0 Å². The number of rotatable bonds is 2. The Labute approximate surface area is 85.5 Å². The lowest BCUT2D eigenvalue weighted by molar-refractivity contribution is -0.660. The summed E-state index contributed by atoms with van der Waals surface area (Å²) in [5.41, 5.74) is 0. The molecule has 2 heterocycles. The highest BCUT2D eigenvalue weighted by Crippen LogP contribution is 2.44. The van der Waals surface area contributed by atoms with Gasteiger partial charge in [0.05, 0.1) is 12.2 Å². The van der Waals surface area contributed by atoms with Gasteiger partial charge >= 0.3 is 11.9 Å². The maximum Gasteiger partial charge on any atom is 0.372 e. The smallest absolute Gasteiger partial charge is 0.372 e. The van der Waals surface area contributed by atoms with Crippen LogP contribution in [0.25, 0.3) is 0 Å². The van der Waals surface area contributed by atoms with E-state index in [2.05, 4.69) is 21.5 Å². The normalized spacial score (nSPS) is 37.7. The molecule has 2 fully saturated rings. The Morgan fingerprint density at radius 2 is 1.40 bits per heavy atom. The molecule has 0 aromatic carbocycles. The van der Waals surface area contributed by atoms with E-state index >= 15 is 0 Å². The highest BCUT2D eigenvalue weighted by Gasteiger charge is 2.57. The van der Waals surface area contributed by atoms with Gasteiger partial charge < -0.3 is 4.74 Å². The van der Waals surface area contributed by atoms with Crippen molar-refractivity contribution in [2.45, 2.75) is 25.0 Å². The number of ether oxygens (including phenoxy) is 1. The predicted octanol–water partition coefficient (Wildman–Crippen LogP) is -2.82. The van der Waals surface area contributed by atoms with Crippen molar-refractivity contribution in [1.29, 1.82) is 0 Å². The van der Waals surface area contributed by atoms with Crippen molar-refractivity contribution >= 4 is 11.9 Å². The zero-order chi connectivity index (χ0) is 11.0. The van der Waals surface area contributed by atoms with Gasteiger partial charge in [-0.05, 0) is 12.8 Å². The molecule has 2 aliphatic rings. The molecule has 0 spiro atoms. The van der Waals surface area contributed by atoms with Crippen LogP contribution in [0.4, 0.5) is 0 Å². The summed E-state index contributed by atoms with van der Waals surface area (Å²) in [5, 5.41) is 0. The van der Waals surface area contributed by atoms with E-state index in [4.69, 9.17) is 4.74 Å². The van der Waals surface area contributed by atoms with Crippen molar-refractivity contribution in [3.63, 3.8) is 0 Å². The van der Waals surface area contributed by atoms with Crippen LogP contribution in [-0.4, -0.2) is 24.1 Å². The zero-order valence-electron chi connectivity index (χ0n) is 8.18. The van der Waals surface area contributed by atoms with Crippen molar-refractivity contribution < 1.29 is 35.8 Å². The SMILES string of the molecule is [NH3+]OC(=O)C1C2CCC(O2)C1C(=O)O[NH3+]. The molecule has 2 aliphatic heterocycles. The third-order valence-corrected chi connectivity index (χ3v) is 3.10. The number of carbonyl (C=O) groups is 2. The van der Waals surface area contributed by atoms with Gasteiger partial charge in [0.25, 0.3) is 0 Å². The predicted molar refractivity (Wildman–Crippen MR) is 42.8 cm³/mol. The van der Waals surface area contributed by atoms with Gasteiger partial charge in [-0.1, -0.05) is 0 Å². The minimum atomic E-state index is -0.588. The van der Waals surface area contributed by atoms with Crippen LogP contribution in [0.15, 0.2) is 0 Å². The largest absolute Gasteiger partial charge is 0.373 e. The summed E-state index contributed by atoms with van der Waals surface area (Å²) >= 11 is 0. The molecular weight excluding hydrogens is 204 g/mol. The van der Waals surface area contributed by atoms with Gasteiger partial charge in [0.1, 0.15) is 11.8 Å². The van der Waals surface area contributed by atoms with Gasteiger partial charge in [0, 0.05) is 0 Å². The van der Waals surface area contributed by atoms with Crippen molar-refractivity contribution in [3.05, 3.63) is 0 Å². The molecule has 84 valence electrons. The van der Waals surface area contributed by atoms with Gasteiger partial charge in [-0.25, -0.2) is 9.59 Å². The first kappa shape index (κ1) is 10.3. The van der Waals surface area contributed by atoms with Crippen LogP contribution in [0.5, 0.6) is 0 Å². The summed E-state index contributed by atoms with van der Waals surface area (Å²) in [7, 11) is 0. The van der Waals surface area contributed by atoms with Gasteiger partial charge in [0.15, 0.2) is 0 Å². The molecule has 7 heteroatoms. The van der Waals surface area contributed by atoms with Crippen LogP contribution < -0.4 is 11.8 Å². The Morgan fingerprint density at radius 1 is 1.00 bits per heavy atom. The quantitative estimate of drug-likeness (QED) is 0.485. The lowest BCUT2D eigenvalue weighted by Crippen LogP contribution is -2.57. The maximum absolute atomic E-state index is 11.4. The topological polar surface area (TPSA) is 117 Å². The molecule has 0 aromatic heterocycles. The molecule has 0 radical (unpaired) electrons. The molecule has 2 bridgehead atoms. The Balaban J connectivity index is 2.19. The van der Waals surface area contributed by atoms with Crippen molar-refractivity contribution in [2.75, 3.05) is 0 Å². The molecule has 0 saturated carbocycles. The number of fused-ring (bicyclic) bond motifs is 2. The second-order valence-corrected chi connectivity index (χ2v) is 3.77. The van der Waals surface area contributed by atoms with Crippen LogP contribution in [0.3, 0.4) is 0 Å². The summed E-state index contributed by atoms with van der Waals surface area (Å²) in [6, 6.07) is 0. The van der Waals surface area contributed by atoms with Crippen LogP contribution in [0, 0.1) is 11.8 Å². The fourth-order valence-electron chi connectivity index (χ4n) is 2.47. The van der Waals surface area contributed by atoms with Crippen LogP contribution in [0.2, 0.25) is 0 Å².